The van der Waals surface area contributed by atoms with Crippen LogP contribution in [0.25, 0.3) is 0 Å². The van der Waals surface area contributed by atoms with Gasteiger partial charge in [0.25, 0.3) is 0 Å². The SMILES string of the molecule is COc1ccc(Cl)cc1NC(=O)C(=O)Nc1ccccc1Oc1ccccc1. The Morgan fingerprint density at radius 3 is 2.14 bits per heavy atom. The van der Waals surface area contributed by atoms with Crippen molar-refractivity contribution >= 4 is 34.8 Å². The lowest BCUT2D eigenvalue weighted by atomic mass is 10.2. The molecule has 0 spiro atoms. The van der Waals surface area contributed by atoms with Crippen LogP contribution in [0.2, 0.25) is 5.02 Å². The van der Waals surface area contributed by atoms with Gasteiger partial charge in [0.15, 0.2) is 5.75 Å². The third-order valence-electron chi connectivity index (χ3n) is 3.72. The van der Waals surface area contributed by atoms with Crippen molar-refractivity contribution in [2.45, 2.75) is 0 Å². The first-order chi connectivity index (χ1) is 13.6. The van der Waals surface area contributed by atoms with E-state index in [2.05, 4.69) is 10.6 Å². The van der Waals surface area contributed by atoms with Crippen LogP contribution >= 0.6 is 11.6 Å². The van der Waals surface area contributed by atoms with Crippen molar-refractivity contribution in [2.24, 2.45) is 0 Å². The van der Waals surface area contributed by atoms with E-state index in [0.717, 1.165) is 0 Å². The molecule has 3 aromatic rings. The molecule has 7 heteroatoms. The molecule has 0 radical (unpaired) electrons. The Bertz CT molecular complexity index is 993. The van der Waals surface area contributed by atoms with Gasteiger partial charge in [-0.25, -0.2) is 0 Å². The van der Waals surface area contributed by atoms with Gasteiger partial charge in [0.05, 0.1) is 18.5 Å². The molecule has 0 aliphatic carbocycles. The van der Waals surface area contributed by atoms with Gasteiger partial charge in [-0.3, -0.25) is 9.59 Å². The summed E-state index contributed by atoms with van der Waals surface area (Å²) in [5, 5.41) is 5.44. The molecule has 3 aromatic carbocycles. The Hall–Kier alpha value is -3.51. The number of anilines is 2. The summed E-state index contributed by atoms with van der Waals surface area (Å²) >= 11 is 5.94. The molecule has 0 unspecified atom stereocenters. The zero-order valence-corrected chi connectivity index (χ0v) is 15.7. The number of hydrogen-bond donors (Lipinski definition) is 2. The Morgan fingerprint density at radius 2 is 1.43 bits per heavy atom. The minimum atomic E-state index is -0.866. The lowest BCUT2D eigenvalue weighted by Crippen LogP contribution is -2.29. The van der Waals surface area contributed by atoms with Crippen LogP contribution in [-0.2, 0) is 9.59 Å². The normalized spacial score (nSPS) is 10.1. The van der Waals surface area contributed by atoms with Crippen LogP contribution in [0, 0.1) is 0 Å². The van der Waals surface area contributed by atoms with Crippen LogP contribution in [0.15, 0.2) is 72.8 Å². The molecular weight excluding hydrogens is 380 g/mol. The number of rotatable bonds is 5. The number of ether oxygens (including phenoxy) is 2. The third kappa shape index (κ3) is 4.81. The summed E-state index contributed by atoms with van der Waals surface area (Å²) in [5.74, 6) is -0.313. The maximum Gasteiger partial charge on any atom is 0.314 e. The molecule has 6 nitrogen and oxygen atoms in total. The second-order valence-electron chi connectivity index (χ2n) is 5.66. The summed E-state index contributed by atoms with van der Waals surface area (Å²) in [6.07, 6.45) is 0. The van der Waals surface area contributed by atoms with E-state index >= 15 is 0 Å². The average molecular weight is 397 g/mol. The maximum atomic E-state index is 12.4. The first-order valence-corrected chi connectivity index (χ1v) is 8.72. The molecule has 2 N–H and O–H groups in total. The van der Waals surface area contributed by atoms with Gasteiger partial charge in [0.1, 0.15) is 11.5 Å². The molecule has 3 rings (SSSR count). The molecule has 28 heavy (non-hydrogen) atoms. The molecule has 0 aromatic heterocycles. The van der Waals surface area contributed by atoms with Gasteiger partial charge >= 0.3 is 11.8 Å². The van der Waals surface area contributed by atoms with Gasteiger partial charge in [-0.2, -0.15) is 0 Å². The van der Waals surface area contributed by atoms with E-state index < -0.39 is 11.8 Å². The number of halogens is 1. The summed E-state index contributed by atoms with van der Waals surface area (Å²) in [7, 11) is 1.45. The lowest BCUT2D eigenvalue weighted by molar-refractivity contribution is -0.133. The molecule has 0 bridgehead atoms. The van der Waals surface area contributed by atoms with Crippen LogP contribution in [0.4, 0.5) is 11.4 Å². The van der Waals surface area contributed by atoms with Gasteiger partial charge in [-0.05, 0) is 42.5 Å². The van der Waals surface area contributed by atoms with Crippen molar-refractivity contribution in [3.8, 4) is 17.2 Å². The minimum absolute atomic E-state index is 0.295. The van der Waals surface area contributed by atoms with Gasteiger partial charge < -0.3 is 20.1 Å². The standard InChI is InChI=1S/C21H17ClN2O4/c1-27-18-12-11-14(22)13-17(18)24-21(26)20(25)23-16-9-5-6-10-19(16)28-15-7-3-2-4-8-15/h2-13H,1H3,(H,23,25)(H,24,26). The van der Waals surface area contributed by atoms with Crippen molar-refractivity contribution in [3.63, 3.8) is 0 Å². The highest BCUT2D eigenvalue weighted by Gasteiger charge is 2.18. The molecule has 0 aliphatic heterocycles. The number of amides is 2. The number of carbonyl (C=O) groups excluding carboxylic acids is 2. The zero-order valence-electron chi connectivity index (χ0n) is 14.9. The van der Waals surface area contributed by atoms with Crippen LogP contribution in [0.3, 0.4) is 0 Å². The Balaban J connectivity index is 1.73. The molecule has 0 aliphatic rings. The Kier molecular flexibility index (Phi) is 6.14. The predicted molar refractivity (Wildman–Crippen MR) is 108 cm³/mol. The predicted octanol–water partition coefficient (Wildman–Crippen LogP) is 4.72. The smallest absolute Gasteiger partial charge is 0.314 e. The second kappa shape index (κ2) is 8.92. The van der Waals surface area contributed by atoms with Crippen LogP contribution in [0.5, 0.6) is 17.2 Å². The van der Waals surface area contributed by atoms with Gasteiger partial charge in [0, 0.05) is 5.02 Å². The van der Waals surface area contributed by atoms with Crippen molar-refractivity contribution in [3.05, 3.63) is 77.8 Å². The number of nitrogens with one attached hydrogen (secondary N) is 2. The molecule has 0 saturated heterocycles. The molecule has 0 fully saturated rings. The quantitative estimate of drug-likeness (QED) is 0.612. The van der Waals surface area contributed by atoms with E-state index in [4.69, 9.17) is 21.1 Å². The second-order valence-corrected chi connectivity index (χ2v) is 6.10. The van der Waals surface area contributed by atoms with Gasteiger partial charge in [-0.1, -0.05) is 41.9 Å². The summed E-state index contributed by atoms with van der Waals surface area (Å²) in [6.45, 7) is 0. The molecule has 142 valence electrons. The van der Waals surface area contributed by atoms with Crippen molar-refractivity contribution < 1.29 is 19.1 Å². The van der Waals surface area contributed by atoms with E-state index in [0.29, 0.717) is 33.6 Å². The van der Waals surface area contributed by atoms with E-state index in [1.54, 1.807) is 48.5 Å². The maximum absolute atomic E-state index is 12.4. The highest BCUT2D eigenvalue weighted by molar-refractivity contribution is 6.44. The lowest BCUT2D eigenvalue weighted by Gasteiger charge is -2.13. The fourth-order valence-electron chi connectivity index (χ4n) is 2.41. The molecule has 2 amide bonds. The summed E-state index contributed by atoms with van der Waals surface area (Å²) in [6, 6.07) is 20.7. The Labute approximate surface area is 167 Å². The number of benzene rings is 3. The number of hydrogen-bond acceptors (Lipinski definition) is 4. The summed E-state index contributed by atoms with van der Waals surface area (Å²) in [5.41, 5.74) is 0.661. The van der Waals surface area contributed by atoms with E-state index in [-0.39, 0.29) is 0 Å². The van der Waals surface area contributed by atoms with E-state index in [1.807, 2.05) is 18.2 Å². The topological polar surface area (TPSA) is 76.7 Å². The number of para-hydroxylation sites is 3. The monoisotopic (exact) mass is 396 g/mol. The number of methoxy groups -OCH3 is 1. The zero-order chi connectivity index (χ0) is 19.9. The van der Waals surface area contributed by atoms with E-state index in [9.17, 15) is 9.59 Å². The number of carbonyl (C=O) groups is 2. The molecular formula is C21H17ClN2O4. The van der Waals surface area contributed by atoms with Crippen molar-refractivity contribution in [1.29, 1.82) is 0 Å². The Morgan fingerprint density at radius 1 is 0.786 bits per heavy atom. The van der Waals surface area contributed by atoms with Gasteiger partial charge in [-0.15, -0.1) is 0 Å². The van der Waals surface area contributed by atoms with Crippen LogP contribution < -0.4 is 20.1 Å². The first-order valence-electron chi connectivity index (χ1n) is 8.34. The third-order valence-corrected chi connectivity index (χ3v) is 3.96. The average Bonchev–Trinajstić information content (AvgIpc) is 2.70. The molecule has 0 saturated carbocycles. The van der Waals surface area contributed by atoms with E-state index in [1.165, 1.54) is 13.2 Å². The van der Waals surface area contributed by atoms with Crippen LogP contribution in [0.1, 0.15) is 0 Å². The van der Waals surface area contributed by atoms with Gasteiger partial charge in [0.2, 0.25) is 0 Å². The highest BCUT2D eigenvalue weighted by atomic mass is 35.5. The van der Waals surface area contributed by atoms with Crippen molar-refractivity contribution in [1.82, 2.24) is 0 Å². The summed E-state index contributed by atoms with van der Waals surface area (Å²) in [4.78, 5) is 24.7. The van der Waals surface area contributed by atoms with Crippen molar-refractivity contribution in [2.75, 3.05) is 17.7 Å². The summed E-state index contributed by atoms with van der Waals surface area (Å²) < 4.78 is 10.9. The van der Waals surface area contributed by atoms with Crippen LogP contribution in [-0.4, -0.2) is 18.9 Å². The fourth-order valence-corrected chi connectivity index (χ4v) is 2.58. The molecule has 0 heterocycles. The fraction of sp³-hybridized carbons (Fsp3) is 0.0476. The first kappa shape index (κ1) is 19.3. The largest absolute Gasteiger partial charge is 0.495 e. The highest BCUT2D eigenvalue weighted by Crippen LogP contribution is 2.30. The molecule has 0 atom stereocenters. The minimum Gasteiger partial charge on any atom is -0.495 e.